The molecule has 6 heteroatoms. The highest BCUT2D eigenvalue weighted by Crippen LogP contribution is 2.24. The molecule has 3 N–H and O–H groups in total. The van der Waals surface area contributed by atoms with Crippen molar-refractivity contribution in [2.75, 3.05) is 0 Å². The lowest BCUT2D eigenvalue weighted by atomic mass is 10.2. The zero-order valence-corrected chi connectivity index (χ0v) is 10.5. The zero-order chi connectivity index (χ0) is 12.7. The number of benzene rings is 1. The third kappa shape index (κ3) is 1.77. The lowest BCUT2D eigenvalue weighted by Gasteiger charge is -2.04. The number of aryl methyl sites for hydroxylation is 1. The first-order chi connectivity index (χ1) is 8.65. The van der Waals surface area contributed by atoms with Crippen molar-refractivity contribution in [1.82, 2.24) is 19.7 Å². The monoisotopic (exact) mass is 261 g/mol. The fourth-order valence-electron chi connectivity index (χ4n) is 1.92. The molecule has 1 atom stereocenters. The molecule has 0 saturated heterocycles. The van der Waals surface area contributed by atoms with E-state index in [1.807, 2.05) is 31.4 Å². The van der Waals surface area contributed by atoms with Gasteiger partial charge < -0.3 is 10.7 Å². The lowest BCUT2D eigenvalue weighted by Crippen LogP contribution is -2.12. The highest BCUT2D eigenvalue weighted by atomic mass is 35.5. The third-order valence-corrected chi connectivity index (χ3v) is 3.17. The molecule has 1 aromatic carbocycles. The molecule has 3 rings (SSSR count). The van der Waals surface area contributed by atoms with E-state index in [2.05, 4.69) is 15.1 Å². The van der Waals surface area contributed by atoms with Gasteiger partial charge in [0.05, 0.1) is 22.8 Å². The van der Waals surface area contributed by atoms with Crippen molar-refractivity contribution in [2.45, 2.75) is 6.04 Å². The van der Waals surface area contributed by atoms with Gasteiger partial charge in [0.25, 0.3) is 0 Å². The first kappa shape index (κ1) is 11.3. The lowest BCUT2D eigenvalue weighted by molar-refractivity contribution is 0.762. The molecule has 2 aromatic heterocycles. The number of nitrogens with zero attached hydrogens (tertiary/aromatic N) is 3. The molecule has 0 amide bonds. The number of nitrogens with two attached hydrogens (primary N) is 1. The normalized spacial score (nSPS) is 13.1. The van der Waals surface area contributed by atoms with Gasteiger partial charge in [0.1, 0.15) is 11.3 Å². The standard InChI is InChI=1S/C12H12ClN5/c1-18-6-7(5-15-18)10(14)12-16-9-4-2-3-8(13)11(9)17-12/h2-6,10H,14H2,1H3,(H,16,17). The summed E-state index contributed by atoms with van der Waals surface area (Å²) < 4.78 is 1.71. The fraction of sp³-hybridized carbons (Fsp3) is 0.167. The Morgan fingerprint density at radius 3 is 2.94 bits per heavy atom. The SMILES string of the molecule is Cn1cc(C(N)c2nc3c(Cl)cccc3[nH]2)cn1. The Hall–Kier alpha value is -1.85. The van der Waals surface area contributed by atoms with Gasteiger partial charge in [-0.05, 0) is 12.1 Å². The number of para-hydroxylation sites is 1. The van der Waals surface area contributed by atoms with Crippen LogP contribution >= 0.6 is 11.6 Å². The summed E-state index contributed by atoms with van der Waals surface area (Å²) in [6, 6.07) is 5.28. The van der Waals surface area contributed by atoms with Crippen LogP contribution < -0.4 is 5.73 Å². The van der Waals surface area contributed by atoms with Gasteiger partial charge in [-0.3, -0.25) is 4.68 Å². The number of hydrogen-bond donors (Lipinski definition) is 2. The van der Waals surface area contributed by atoms with Crippen LogP contribution in [0.2, 0.25) is 5.02 Å². The predicted octanol–water partition coefficient (Wildman–Crippen LogP) is 2.00. The summed E-state index contributed by atoms with van der Waals surface area (Å²) in [5.41, 5.74) is 8.69. The van der Waals surface area contributed by atoms with E-state index in [0.717, 1.165) is 16.6 Å². The number of halogens is 1. The van der Waals surface area contributed by atoms with Gasteiger partial charge in [-0.25, -0.2) is 4.98 Å². The second-order valence-electron chi connectivity index (χ2n) is 4.18. The van der Waals surface area contributed by atoms with Gasteiger partial charge in [0.2, 0.25) is 0 Å². The molecular formula is C12H12ClN5. The summed E-state index contributed by atoms with van der Waals surface area (Å²) >= 11 is 6.09. The van der Waals surface area contributed by atoms with E-state index in [4.69, 9.17) is 17.3 Å². The zero-order valence-electron chi connectivity index (χ0n) is 9.76. The molecule has 0 spiro atoms. The van der Waals surface area contributed by atoms with Crippen LogP contribution in [-0.2, 0) is 7.05 Å². The van der Waals surface area contributed by atoms with Crippen LogP contribution in [0, 0.1) is 0 Å². The van der Waals surface area contributed by atoms with Gasteiger partial charge in [0.15, 0.2) is 0 Å². The van der Waals surface area contributed by atoms with Crippen molar-refractivity contribution < 1.29 is 0 Å². The number of aromatic amines is 1. The Kier molecular flexibility index (Phi) is 2.57. The number of fused-ring (bicyclic) bond motifs is 1. The van der Waals surface area contributed by atoms with Crippen molar-refractivity contribution in [3.63, 3.8) is 0 Å². The van der Waals surface area contributed by atoms with E-state index in [0.29, 0.717) is 10.8 Å². The van der Waals surface area contributed by atoms with Gasteiger partial charge in [-0.2, -0.15) is 5.10 Å². The van der Waals surface area contributed by atoms with Gasteiger partial charge in [0, 0.05) is 18.8 Å². The predicted molar refractivity (Wildman–Crippen MR) is 70.3 cm³/mol. The van der Waals surface area contributed by atoms with E-state index in [-0.39, 0.29) is 6.04 Å². The molecule has 1 unspecified atom stereocenters. The first-order valence-corrected chi connectivity index (χ1v) is 5.91. The minimum atomic E-state index is -0.331. The summed E-state index contributed by atoms with van der Waals surface area (Å²) in [5, 5.41) is 4.72. The maximum absolute atomic E-state index is 6.15. The molecule has 0 aliphatic carbocycles. The Morgan fingerprint density at radius 1 is 1.44 bits per heavy atom. The molecular weight excluding hydrogens is 250 g/mol. The van der Waals surface area contributed by atoms with E-state index in [1.165, 1.54) is 0 Å². The largest absolute Gasteiger partial charge is 0.340 e. The van der Waals surface area contributed by atoms with E-state index < -0.39 is 0 Å². The minimum Gasteiger partial charge on any atom is -0.340 e. The van der Waals surface area contributed by atoms with Crippen LogP contribution in [0.3, 0.4) is 0 Å². The molecule has 2 heterocycles. The van der Waals surface area contributed by atoms with Gasteiger partial charge >= 0.3 is 0 Å². The molecule has 3 aromatic rings. The quantitative estimate of drug-likeness (QED) is 0.741. The molecule has 92 valence electrons. The van der Waals surface area contributed by atoms with Crippen LogP contribution in [-0.4, -0.2) is 19.7 Å². The Balaban J connectivity index is 2.06. The minimum absolute atomic E-state index is 0.331. The summed E-state index contributed by atoms with van der Waals surface area (Å²) in [6.45, 7) is 0. The topological polar surface area (TPSA) is 72.5 Å². The number of imidazole rings is 1. The van der Waals surface area contributed by atoms with Crippen molar-refractivity contribution in [2.24, 2.45) is 12.8 Å². The Labute approximate surface area is 109 Å². The summed E-state index contributed by atoms with van der Waals surface area (Å²) in [4.78, 5) is 7.63. The van der Waals surface area contributed by atoms with Gasteiger partial charge in [-0.15, -0.1) is 0 Å². The molecule has 0 aliphatic heterocycles. The van der Waals surface area contributed by atoms with Crippen LogP contribution in [0.5, 0.6) is 0 Å². The van der Waals surface area contributed by atoms with Crippen molar-refractivity contribution in [3.8, 4) is 0 Å². The molecule has 0 radical (unpaired) electrons. The molecule has 0 fully saturated rings. The number of rotatable bonds is 2. The van der Waals surface area contributed by atoms with Crippen LogP contribution in [0.1, 0.15) is 17.4 Å². The van der Waals surface area contributed by atoms with Crippen molar-refractivity contribution in [3.05, 3.63) is 47.0 Å². The average Bonchev–Trinajstić information content (AvgIpc) is 2.95. The van der Waals surface area contributed by atoms with E-state index >= 15 is 0 Å². The van der Waals surface area contributed by atoms with Crippen molar-refractivity contribution >= 4 is 22.6 Å². The molecule has 0 aliphatic rings. The fourth-order valence-corrected chi connectivity index (χ4v) is 2.14. The number of H-pyrrole nitrogens is 1. The first-order valence-electron chi connectivity index (χ1n) is 5.53. The third-order valence-electron chi connectivity index (χ3n) is 2.86. The Bertz CT molecular complexity index is 699. The molecule has 5 nitrogen and oxygen atoms in total. The second-order valence-corrected chi connectivity index (χ2v) is 4.59. The Morgan fingerprint density at radius 2 is 2.28 bits per heavy atom. The summed E-state index contributed by atoms with van der Waals surface area (Å²) in [7, 11) is 1.85. The second kappa shape index (κ2) is 4.12. The van der Waals surface area contributed by atoms with E-state index in [1.54, 1.807) is 10.9 Å². The van der Waals surface area contributed by atoms with Crippen molar-refractivity contribution in [1.29, 1.82) is 0 Å². The van der Waals surface area contributed by atoms with Crippen LogP contribution in [0.25, 0.3) is 11.0 Å². The number of aromatic nitrogens is 4. The van der Waals surface area contributed by atoms with Gasteiger partial charge in [-0.1, -0.05) is 17.7 Å². The number of hydrogen-bond acceptors (Lipinski definition) is 3. The highest BCUT2D eigenvalue weighted by Gasteiger charge is 2.15. The maximum atomic E-state index is 6.15. The summed E-state index contributed by atoms with van der Waals surface area (Å²) in [6.07, 6.45) is 3.61. The molecule has 18 heavy (non-hydrogen) atoms. The van der Waals surface area contributed by atoms with Crippen LogP contribution in [0.15, 0.2) is 30.6 Å². The number of nitrogens with one attached hydrogen (secondary N) is 1. The molecule has 0 saturated carbocycles. The average molecular weight is 262 g/mol. The smallest absolute Gasteiger partial charge is 0.129 e. The summed E-state index contributed by atoms with van der Waals surface area (Å²) in [5.74, 6) is 0.686. The highest BCUT2D eigenvalue weighted by molar-refractivity contribution is 6.34. The van der Waals surface area contributed by atoms with Crippen LogP contribution in [0.4, 0.5) is 0 Å². The maximum Gasteiger partial charge on any atom is 0.129 e. The van der Waals surface area contributed by atoms with E-state index in [9.17, 15) is 0 Å². The molecule has 0 bridgehead atoms.